The highest BCUT2D eigenvalue weighted by atomic mass is 16.5. The minimum Gasteiger partial charge on any atom is -0.466 e. The van der Waals surface area contributed by atoms with Crippen LogP contribution in [-0.4, -0.2) is 12.6 Å². The molecular formula is C40H72O2. The number of carbonyl (C=O) groups excluding carboxylic acids is 1. The summed E-state index contributed by atoms with van der Waals surface area (Å²) >= 11 is 0. The molecule has 0 bridgehead atoms. The van der Waals surface area contributed by atoms with E-state index < -0.39 is 0 Å². The minimum atomic E-state index is -0.0298. The summed E-state index contributed by atoms with van der Waals surface area (Å²) in [6, 6.07) is 0. The van der Waals surface area contributed by atoms with Crippen LogP contribution in [0.1, 0.15) is 194 Å². The Balaban J connectivity index is 3.31. The molecule has 2 nitrogen and oxygen atoms in total. The monoisotopic (exact) mass is 585 g/mol. The van der Waals surface area contributed by atoms with E-state index in [1.165, 1.54) is 135 Å². The molecule has 0 aromatic heterocycles. The number of hydrogen-bond donors (Lipinski definition) is 0. The molecule has 0 aliphatic carbocycles. The quantitative estimate of drug-likeness (QED) is 0.0435. The third-order valence-corrected chi connectivity index (χ3v) is 7.97. The van der Waals surface area contributed by atoms with Crippen molar-refractivity contribution in [1.29, 1.82) is 0 Å². The normalized spacial score (nSPS) is 12.1. The molecule has 0 N–H and O–H groups in total. The molecule has 0 heterocycles. The molecule has 0 unspecified atom stereocenters. The SMILES string of the molecule is CCCCC/C=C/C/C=C/C/C=C/C/C=C/CCCC(=O)OCCCCCCCCCCCCCCCCCCCC. The summed E-state index contributed by atoms with van der Waals surface area (Å²) in [6.45, 7) is 5.14. The Morgan fingerprint density at radius 3 is 1.17 bits per heavy atom. The van der Waals surface area contributed by atoms with E-state index in [1.54, 1.807) is 0 Å². The Bertz CT molecular complexity index is 642. The Morgan fingerprint density at radius 2 is 0.738 bits per heavy atom. The predicted octanol–water partition coefficient (Wildman–Crippen LogP) is 13.7. The van der Waals surface area contributed by atoms with Crippen LogP contribution < -0.4 is 0 Å². The van der Waals surface area contributed by atoms with E-state index in [0.717, 1.165) is 38.5 Å². The molecule has 0 radical (unpaired) electrons. The van der Waals surface area contributed by atoms with Crippen LogP contribution in [0.25, 0.3) is 0 Å². The molecule has 42 heavy (non-hydrogen) atoms. The third kappa shape index (κ3) is 36.5. The molecule has 0 spiro atoms. The van der Waals surface area contributed by atoms with Gasteiger partial charge in [-0.1, -0.05) is 184 Å². The van der Waals surface area contributed by atoms with Crippen molar-refractivity contribution >= 4 is 5.97 Å². The van der Waals surface area contributed by atoms with Crippen molar-refractivity contribution < 1.29 is 9.53 Å². The van der Waals surface area contributed by atoms with Crippen molar-refractivity contribution in [1.82, 2.24) is 0 Å². The van der Waals surface area contributed by atoms with Gasteiger partial charge < -0.3 is 4.74 Å². The molecule has 0 fully saturated rings. The zero-order valence-corrected chi connectivity index (χ0v) is 28.4. The largest absolute Gasteiger partial charge is 0.466 e. The van der Waals surface area contributed by atoms with Gasteiger partial charge in [-0.2, -0.15) is 0 Å². The zero-order chi connectivity index (χ0) is 30.4. The van der Waals surface area contributed by atoms with Gasteiger partial charge in [0.05, 0.1) is 6.61 Å². The first-order valence-corrected chi connectivity index (χ1v) is 18.6. The molecule has 0 saturated carbocycles. The average Bonchev–Trinajstić information content (AvgIpc) is 3.00. The first-order valence-electron chi connectivity index (χ1n) is 18.6. The summed E-state index contributed by atoms with van der Waals surface area (Å²) in [5.41, 5.74) is 0. The van der Waals surface area contributed by atoms with Gasteiger partial charge in [0.25, 0.3) is 0 Å². The van der Waals surface area contributed by atoms with E-state index in [2.05, 4.69) is 62.5 Å². The highest BCUT2D eigenvalue weighted by Crippen LogP contribution is 2.14. The van der Waals surface area contributed by atoms with Crippen LogP contribution in [-0.2, 0) is 9.53 Å². The molecule has 0 aliphatic heterocycles. The van der Waals surface area contributed by atoms with Gasteiger partial charge in [-0.3, -0.25) is 4.79 Å². The van der Waals surface area contributed by atoms with Gasteiger partial charge in [-0.15, -0.1) is 0 Å². The first kappa shape index (κ1) is 40.4. The second-order valence-corrected chi connectivity index (χ2v) is 12.2. The molecule has 0 atom stereocenters. The standard InChI is InChI=1S/C40H72O2/c1-3-5-7-9-11-13-15-17-19-21-23-25-27-29-31-33-35-37-39-42-40(41)38-36-34-32-30-28-26-24-22-20-18-16-14-12-10-8-6-4-2/h12,14,18,20,24,26,30,32H,3-11,13,15-17,19,21-23,25,27-29,31,33-39H2,1-2H3/b14-12+,20-18+,26-24+,32-30+. The van der Waals surface area contributed by atoms with Crippen molar-refractivity contribution in [2.45, 2.75) is 194 Å². The lowest BCUT2D eigenvalue weighted by atomic mass is 10.0. The van der Waals surface area contributed by atoms with E-state index in [9.17, 15) is 4.79 Å². The highest BCUT2D eigenvalue weighted by molar-refractivity contribution is 5.69. The van der Waals surface area contributed by atoms with E-state index in [-0.39, 0.29) is 5.97 Å². The van der Waals surface area contributed by atoms with Gasteiger partial charge in [0.15, 0.2) is 0 Å². The molecular weight excluding hydrogens is 512 g/mol. The fourth-order valence-electron chi connectivity index (χ4n) is 5.19. The van der Waals surface area contributed by atoms with Crippen molar-refractivity contribution in [2.24, 2.45) is 0 Å². The molecule has 2 heteroatoms. The van der Waals surface area contributed by atoms with Gasteiger partial charge in [-0.05, 0) is 51.4 Å². The Hall–Kier alpha value is -1.57. The lowest BCUT2D eigenvalue weighted by Crippen LogP contribution is -2.05. The van der Waals surface area contributed by atoms with Gasteiger partial charge >= 0.3 is 5.97 Å². The lowest BCUT2D eigenvalue weighted by molar-refractivity contribution is -0.143. The summed E-state index contributed by atoms with van der Waals surface area (Å²) in [5, 5.41) is 0. The van der Waals surface area contributed by atoms with Crippen LogP contribution in [0.5, 0.6) is 0 Å². The number of rotatable bonds is 33. The van der Waals surface area contributed by atoms with E-state index >= 15 is 0 Å². The van der Waals surface area contributed by atoms with Crippen molar-refractivity contribution in [3.8, 4) is 0 Å². The minimum absolute atomic E-state index is 0.0298. The maximum Gasteiger partial charge on any atom is 0.305 e. The Morgan fingerprint density at radius 1 is 0.405 bits per heavy atom. The number of ether oxygens (including phenoxy) is 1. The molecule has 0 rings (SSSR count). The molecule has 0 aromatic rings. The summed E-state index contributed by atoms with van der Waals surface area (Å²) in [6.07, 6.45) is 53.2. The van der Waals surface area contributed by atoms with E-state index in [4.69, 9.17) is 4.74 Å². The summed E-state index contributed by atoms with van der Waals surface area (Å²) in [5.74, 6) is -0.0298. The second-order valence-electron chi connectivity index (χ2n) is 12.2. The first-order chi connectivity index (χ1) is 20.8. The van der Waals surface area contributed by atoms with Gasteiger partial charge in [0, 0.05) is 6.42 Å². The van der Waals surface area contributed by atoms with Crippen molar-refractivity contribution in [3.63, 3.8) is 0 Å². The molecule has 0 saturated heterocycles. The predicted molar refractivity (Wildman–Crippen MR) is 188 cm³/mol. The number of esters is 1. The molecule has 0 aromatic carbocycles. The maximum atomic E-state index is 11.9. The molecule has 244 valence electrons. The van der Waals surface area contributed by atoms with Gasteiger partial charge in [0.1, 0.15) is 0 Å². The molecule has 0 aliphatic rings. The van der Waals surface area contributed by atoms with Gasteiger partial charge in [-0.25, -0.2) is 0 Å². The van der Waals surface area contributed by atoms with Crippen LogP contribution in [0.15, 0.2) is 48.6 Å². The van der Waals surface area contributed by atoms with Crippen LogP contribution in [0.2, 0.25) is 0 Å². The molecule has 0 amide bonds. The third-order valence-electron chi connectivity index (χ3n) is 7.97. The van der Waals surface area contributed by atoms with Crippen LogP contribution in [0.4, 0.5) is 0 Å². The maximum absolute atomic E-state index is 11.9. The van der Waals surface area contributed by atoms with Crippen LogP contribution in [0, 0.1) is 0 Å². The lowest BCUT2D eigenvalue weighted by Gasteiger charge is -2.05. The second kappa shape index (κ2) is 37.5. The number of allylic oxidation sites excluding steroid dienone is 8. The van der Waals surface area contributed by atoms with Crippen molar-refractivity contribution in [2.75, 3.05) is 6.61 Å². The summed E-state index contributed by atoms with van der Waals surface area (Å²) in [7, 11) is 0. The van der Waals surface area contributed by atoms with Gasteiger partial charge in [0.2, 0.25) is 0 Å². The average molecular weight is 585 g/mol. The summed E-state index contributed by atoms with van der Waals surface area (Å²) < 4.78 is 5.42. The van der Waals surface area contributed by atoms with E-state index in [0.29, 0.717) is 13.0 Å². The van der Waals surface area contributed by atoms with E-state index in [1.807, 2.05) is 0 Å². The smallest absolute Gasteiger partial charge is 0.305 e. The number of carbonyl (C=O) groups is 1. The Labute approximate surface area is 263 Å². The van der Waals surface area contributed by atoms with Crippen LogP contribution >= 0.6 is 0 Å². The van der Waals surface area contributed by atoms with Crippen LogP contribution in [0.3, 0.4) is 0 Å². The summed E-state index contributed by atoms with van der Waals surface area (Å²) in [4.78, 5) is 11.9. The topological polar surface area (TPSA) is 26.3 Å². The number of hydrogen-bond acceptors (Lipinski definition) is 2. The fraction of sp³-hybridized carbons (Fsp3) is 0.775. The zero-order valence-electron chi connectivity index (χ0n) is 28.4. The Kier molecular flexibility index (Phi) is 36.1. The fourth-order valence-corrected chi connectivity index (χ4v) is 5.19. The highest BCUT2D eigenvalue weighted by Gasteiger charge is 2.01. The number of unbranched alkanes of at least 4 members (excludes halogenated alkanes) is 21. The van der Waals surface area contributed by atoms with Crippen molar-refractivity contribution in [3.05, 3.63) is 48.6 Å².